The van der Waals surface area contributed by atoms with Crippen LogP contribution in [0.25, 0.3) is 0 Å². The third-order valence-electron chi connectivity index (χ3n) is 5.68. The number of carbonyl (C=O) groups excluding carboxylic acids is 1. The summed E-state index contributed by atoms with van der Waals surface area (Å²) in [4.78, 5) is 15.3. The lowest BCUT2D eigenvalue weighted by Crippen LogP contribution is -2.47. The summed E-state index contributed by atoms with van der Waals surface area (Å²) in [5.74, 6) is -0.346. The van der Waals surface area contributed by atoms with E-state index >= 15 is 0 Å². The molecule has 0 saturated carbocycles. The van der Waals surface area contributed by atoms with E-state index < -0.39 is 10.0 Å². The van der Waals surface area contributed by atoms with Crippen molar-refractivity contribution in [3.63, 3.8) is 0 Å². The molecule has 1 N–H and O–H groups in total. The lowest BCUT2D eigenvalue weighted by atomic mass is 10.0. The van der Waals surface area contributed by atoms with E-state index in [1.54, 1.807) is 13.8 Å². The number of nitrogens with zero attached hydrogens (tertiary/aromatic N) is 2. The molecule has 0 radical (unpaired) electrons. The van der Waals surface area contributed by atoms with Crippen LogP contribution in [-0.2, 0) is 16.6 Å². The van der Waals surface area contributed by atoms with Gasteiger partial charge in [0.25, 0.3) is 5.91 Å². The highest BCUT2D eigenvalue weighted by molar-refractivity contribution is 7.89. The van der Waals surface area contributed by atoms with E-state index in [1.165, 1.54) is 35.1 Å². The largest absolute Gasteiger partial charge is 0.348 e. The first-order valence-electron chi connectivity index (χ1n) is 10.5. The number of carbonyl (C=O) groups is 1. The van der Waals surface area contributed by atoms with Crippen molar-refractivity contribution >= 4 is 27.5 Å². The Labute approximate surface area is 190 Å². The van der Waals surface area contributed by atoms with Gasteiger partial charge in [0, 0.05) is 32.2 Å². The molecule has 168 valence electrons. The van der Waals surface area contributed by atoms with Gasteiger partial charge in [-0.3, -0.25) is 9.69 Å². The average Bonchev–Trinajstić information content (AvgIpc) is 2.74. The van der Waals surface area contributed by atoms with E-state index in [9.17, 15) is 13.2 Å². The van der Waals surface area contributed by atoms with Crippen LogP contribution in [-0.4, -0.2) is 55.8 Å². The smallest absolute Gasteiger partial charge is 0.253 e. The molecule has 1 aliphatic heterocycles. The molecular formula is C23H30ClN3O3S. The molecule has 2 aromatic carbocycles. The fourth-order valence-electron chi connectivity index (χ4n) is 3.70. The monoisotopic (exact) mass is 463 g/mol. The average molecular weight is 464 g/mol. The first-order valence-corrected chi connectivity index (χ1v) is 12.3. The maximum atomic E-state index is 13.0. The van der Waals surface area contributed by atoms with Gasteiger partial charge in [0.15, 0.2) is 0 Å². The van der Waals surface area contributed by atoms with Crippen molar-refractivity contribution in [3.05, 3.63) is 64.7 Å². The molecule has 1 atom stereocenters. The lowest BCUT2D eigenvalue weighted by Gasteiger charge is -2.33. The molecule has 6 nitrogen and oxygen atoms in total. The van der Waals surface area contributed by atoms with Crippen LogP contribution in [0, 0.1) is 0 Å². The van der Waals surface area contributed by atoms with Crippen LogP contribution in [0.2, 0.25) is 5.02 Å². The first kappa shape index (κ1) is 23.7. The van der Waals surface area contributed by atoms with Crippen LogP contribution >= 0.6 is 11.6 Å². The van der Waals surface area contributed by atoms with Crippen LogP contribution in [0.5, 0.6) is 0 Å². The highest BCUT2D eigenvalue weighted by Gasteiger charge is 2.27. The Morgan fingerprint density at radius 2 is 1.94 bits per heavy atom. The van der Waals surface area contributed by atoms with Crippen molar-refractivity contribution in [1.82, 2.24) is 14.5 Å². The molecule has 1 aliphatic rings. The molecule has 0 aromatic heterocycles. The summed E-state index contributed by atoms with van der Waals surface area (Å²) in [5, 5.41) is 3.29. The molecule has 0 spiro atoms. The van der Waals surface area contributed by atoms with E-state index in [-0.39, 0.29) is 33.5 Å². The lowest BCUT2D eigenvalue weighted by molar-refractivity contribution is 0.0900. The van der Waals surface area contributed by atoms with Gasteiger partial charge >= 0.3 is 0 Å². The number of piperidine rings is 1. The van der Waals surface area contributed by atoms with Gasteiger partial charge in [-0.2, -0.15) is 4.31 Å². The summed E-state index contributed by atoms with van der Waals surface area (Å²) >= 11 is 6.26. The van der Waals surface area contributed by atoms with Gasteiger partial charge in [0.05, 0.1) is 15.5 Å². The summed E-state index contributed by atoms with van der Waals surface area (Å²) in [6.07, 6.45) is 1.86. The zero-order valence-corrected chi connectivity index (χ0v) is 19.8. The highest BCUT2D eigenvalue weighted by Crippen LogP contribution is 2.24. The summed E-state index contributed by atoms with van der Waals surface area (Å²) in [5.41, 5.74) is 1.42. The summed E-state index contributed by atoms with van der Waals surface area (Å²) < 4.78 is 26.9. The standard InChI is InChI=1S/C23H30ClN3O3S/c1-17(2)26(3)31(29,30)20-11-12-22(24)21(14-20)23(28)25-19-10-7-13-27(16-19)15-18-8-5-4-6-9-18/h4-6,8-9,11-12,14,17,19H,7,10,13,15-16H2,1-3H3,(H,25,28). The fourth-order valence-corrected chi connectivity index (χ4v) is 5.30. The van der Waals surface area contributed by atoms with Crippen LogP contribution < -0.4 is 5.32 Å². The molecule has 1 heterocycles. The van der Waals surface area contributed by atoms with Crippen LogP contribution in [0.1, 0.15) is 42.6 Å². The number of sulfonamides is 1. The second kappa shape index (κ2) is 10.1. The van der Waals surface area contributed by atoms with E-state index in [0.29, 0.717) is 0 Å². The number of amides is 1. The normalized spacial score (nSPS) is 17.8. The minimum Gasteiger partial charge on any atom is -0.348 e. The Kier molecular flexibility index (Phi) is 7.75. The van der Waals surface area contributed by atoms with Gasteiger partial charge in [-0.05, 0) is 57.0 Å². The summed E-state index contributed by atoms with van der Waals surface area (Å²) in [7, 11) is -2.18. The van der Waals surface area contributed by atoms with Crippen molar-refractivity contribution in [2.24, 2.45) is 0 Å². The zero-order valence-electron chi connectivity index (χ0n) is 18.2. The zero-order chi connectivity index (χ0) is 22.6. The number of halogens is 1. The van der Waals surface area contributed by atoms with Gasteiger partial charge in [-0.15, -0.1) is 0 Å². The van der Waals surface area contributed by atoms with Gasteiger partial charge in [0.2, 0.25) is 10.0 Å². The van der Waals surface area contributed by atoms with Crippen LogP contribution in [0.4, 0.5) is 0 Å². The third kappa shape index (κ3) is 5.86. The van der Waals surface area contributed by atoms with Gasteiger partial charge in [0.1, 0.15) is 0 Å². The number of nitrogens with one attached hydrogen (secondary N) is 1. The quantitative estimate of drug-likeness (QED) is 0.678. The molecular weight excluding hydrogens is 434 g/mol. The minimum atomic E-state index is -3.70. The Hall–Kier alpha value is -1.93. The second-order valence-corrected chi connectivity index (χ2v) is 10.7. The first-order chi connectivity index (χ1) is 14.7. The molecule has 1 unspecified atom stereocenters. The molecule has 1 amide bonds. The van der Waals surface area contributed by atoms with Crippen LogP contribution in [0.3, 0.4) is 0 Å². The van der Waals surface area contributed by atoms with Gasteiger partial charge in [-0.1, -0.05) is 41.9 Å². The Balaban J connectivity index is 1.71. The van der Waals surface area contributed by atoms with E-state index in [0.717, 1.165) is 32.5 Å². The second-order valence-electron chi connectivity index (χ2n) is 8.29. The number of hydrogen-bond acceptors (Lipinski definition) is 4. The molecule has 2 aromatic rings. The molecule has 1 saturated heterocycles. The number of benzene rings is 2. The Bertz CT molecular complexity index is 1010. The van der Waals surface area contributed by atoms with E-state index in [2.05, 4.69) is 22.3 Å². The Morgan fingerprint density at radius 3 is 2.61 bits per heavy atom. The summed E-state index contributed by atoms with van der Waals surface area (Å²) in [6, 6.07) is 14.3. The molecule has 0 aliphatic carbocycles. The molecule has 1 fully saturated rings. The molecule has 8 heteroatoms. The van der Waals surface area contributed by atoms with Gasteiger partial charge in [-0.25, -0.2) is 8.42 Å². The predicted molar refractivity (Wildman–Crippen MR) is 124 cm³/mol. The minimum absolute atomic E-state index is 0.0142. The van der Waals surface area contributed by atoms with Crippen molar-refractivity contribution in [2.45, 2.75) is 50.2 Å². The highest BCUT2D eigenvalue weighted by atomic mass is 35.5. The third-order valence-corrected chi connectivity index (χ3v) is 8.04. The summed E-state index contributed by atoms with van der Waals surface area (Å²) in [6.45, 7) is 6.16. The van der Waals surface area contributed by atoms with Crippen molar-refractivity contribution < 1.29 is 13.2 Å². The maximum Gasteiger partial charge on any atom is 0.253 e. The van der Waals surface area contributed by atoms with Crippen molar-refractivity contribution in [3.8, 4) is 0 Å². The van der Waals surface area contributed by atoms with Crippen molar-refractivity contribution in [2.75, 3.05) is 20.1 Å². The maximum absolute atomic E-state index is 13.0. The topological polar surface area (TPSA) is 69.7 Å². The number of rotatable bonds is 7. The number of hydrogen-bond donors (Lipinski definition) is 1. The van der Waals surface area contributed by atoms with Gasteiger partial charge < -0.3 is 5.32 Å². The number of likely N-dealkylation sites (tertiary alicyclic amines) is 1. The molecule has 3 rings (SSSR count). The fraction of sp³-hybridized carbons (Fsp3) is 0.435. The molecule has 31 heavy (non-hydrogen) atoms. The molecule has 0 bridgehead atoms. The van der Waals surface area contributed by atoms with E-state index in [1.807, 2.05) is 18.2 Å². The SMILES string of the molecule is CC(C)N(C)S(=O)(=O)c1ccc(Cl)c(C(=O)NC2CCCN(Cc3ccccc3)C2)c1. The van der Waals surface area contributed by atoms with Crippen molar-refractivity contribution in [1.29, 1.82) is 0 Å². The Morgan fingerprint density at radius 1 is 1.23 bits per heavy atom. The predicted octanol–water partition coefficient (Wildman–Crippen LogP) is 3.76. The van der Waals surface area contributed by atoms with E-state index in [4.69, 9.17) is 11.6 Å². The van der Waals surface area contributed by atoms with Crippen LogP contribution in [0.15, 0.2) is 53.4 Å².